The third-order valence-electron chi connectivity index (χ3n) is 5.89. The van der Waals surface area contributed by atoms with Gasteiger partial charge in [0, 0.05) is 24.8 Å². The Balaban J connectivity index is 1.37. The van der Waals surface area contributed by atoms with E-state index in [1.807, 2.05) is 12.1 Å². The van der Waals surface area contributed by atoms with Crippen LogP contribution in [0.4, 0.5) is 5.69 Å². The van der Waals surface area contributed by atoms with E-state index in [2.05, 4.69) is 16.3 Å². The largest absolute Gasteiger partial charge is 0.333 e. The van der Waals surface area contributed by atoms with Gasteiger partial charge in [-0.15, -0.1) is 0 Å². The molecule has 2 aliphatic heterocycles. The Morgan fingerprint density at radius 1 is 0.960 bits per heavy atom. The number of carbonyl (C=O) groups is 2. The van der Waals surface area contributed by atoms with E-state index in [1.165, 1.54) is 30.4 Å². The number of benzene rings is 1. The van der Waals surface area contributed by atoms with Gasteiger partial charge in [-0.25, -0.2) is 0 Å². The van der Waals surface area contributed by atoms with Crippen molar-refractivity contribution in [3.8, 4) is 0 Å². The van der Waals surface area contributed by atoms with E-state index in [4.69, 9.17) is 0 Å². The lowest BCUT2D eigenvalue weighted by Gasteiger charge is -2.37. The first-order valence-electron chi connectivity index (χ1n) is 9.67. The van der Waals surface area contributed by atoms with Gasteiger partial charge in [0.25, 0.3) is 0 Å². The fourth-order valence-electron chi connectivity index (χ4n) is 4.52. The van der Waals surface area contributed by atoms with Gasteiger partial charge in [-0.05, 0) is 81.3 Å². The Hall–Kier alpha value is -1.88. The van der Waals surface area contributed by atoms with Gasteiger partial charge in [0.1, 0.15) is 0 Å². The minimum absolute atomic E-state index is 0.385. The van der Waals surface area contributed by atoms with Crippen molar-refractivity contribution in [1.29, 1.82) is 0 Å². The summed E-state index contributed by atoms with van der Waals surface area (Å²) in [6, 6.07) is 6.44. The number of aryl methyl sites for hydroxylation is 2. The van der Waals surface area contributed by atoms with Gasteiger partial charge >= 0.3 is 11.8 Å². The molecular weight excluding hydrogens is 314 g/mol. The number of amides is 2. The summed E-state index contributed by atoms with van der Waals surface area (Å²) in [5.41, 5.74) is 3.42. The van der Waals surface area contributed by atoms with Crippen molar-refractivity contribution in [3.05, 3.63) is 29.3 Å². The molecule has 5 nitrogen and oxygen atoms in total. The molecular formula is C20H27N3O2. The van der Waals surface area contributed by atoms with Crippen molar-refractivity contribution in [1.82, 2.24) is 9.80 Å². The second kappa shape index (κ2) is 7.16. The Labute approximate surface area is 149 Å². The molecule has 134 valence electrons. The maximum Gasteiger partial charge on any atom is 0.313 e. The zero-order valence-electron chi connectivity index (χ0n) is 14.8. The molecule has 25 heavy (non-hydrogen) atoms. The molecule has 4 rings (SSSR count). The minimum atomic E-state index is -0.500. The van der Waals surface area contributed by atoms with Crippen molar-refractivity contribution in [2.75, 3.05) is 31.5 Å². The van der Waals surface area contributed by atoms with Crippen molar-refractivity contribution in [2.24, 2.45) is 0 Å². The number of fused-ring (bicyclic) bond motifs is 1. The van der Waals surface area contributed by atoms with Crippen LogP contribution in [0.5, 0.6) is 0 Å². The SMILES string of the molecule is O=C(Nc1ccc2c(c1)CCC2)C(=O)N1CCC[C@@H](N2CCCC2)C1. The molecule has 0 radical (unpaired) electrons. The van der Waals surface area contributed by atoms with Gasteiger partial charge in [-0.2, -0.15) is 0 Å². The number of carbonyl (C=O) groups excluding carboxylic acids is 2. The van der Waals surface area contributed by atoms with Crippen LogP contribution in [-0.2, 0) is 22.4 Å². The summed E-state index contributed by atoms with van der Waals surface area (Å²) < 4.78 is 0. The number of piperidine rings is 1. The summed E-state index contributed by atoms with van der Waals surface area (Å²) in [5, 5.41) is 2.81. The molecule has 2 heterocycles. The van der Waals surface area contributed by atoms with E-state index in [0.29, 0.717) is 19.1 Å². The summed E-state index contributed by atoms with van der Waals surface area (Å²) in [6.45, 7) is 3.65. The van der Waals surface area contributed by atoms with Crippen LogP contribution in [0.15, 0.2) is 18.2 Å². The standard InChI is InChI=1S/C20H27N3O2/c24-19(21-17-9-8-15-5-3-6-16(15)13-17)20(25)23-12-4-7-18(14-23)22-10-1-2-11-22/h8-9,13,18H,1-7,10-12,14H2,(H,21,24)/t18-/m1/s1. The fourth-order valence-corrected chi connectivity index (χ4v) is 4.52. The molecule has 2 fully saturated rings. The van der Waals surface area contributed by atoms with E-state index in [0.717, 1.165) is 44.5 Å². The summed E-state index contributed by atoms with van der Waals surface area (Å²) in [6.07, 6.45) is 7.99. The molecule has 0 spiro atoms. The topological polar surface area (TPSA) is 52.7 Å². The van der Waals surface area contributed by atoms with Crippen LogP contribution in [-0.4, -0.2) is 53.8 Å². The van der Waals surface area contributed by atoms with Crippen LogP contribution in [0.3, 0.4) is 0 Å². The maximum atomic E-state index is 12.6. The molecule has 5 heteroatoms. The molecule has 1 aromatic carbocycles. The molecule has 3 aliphatic rings. The lowest BCUT2D eigenvalue weighted by Crippen LogP contribution is -2.51. The van der Waals surface area contributed by atoms with Crippen LogP contribution in [0.25, 0.3) is 0 Å². The van der Waals surface area contributed by atoms with Gasteiger partial charge < -0.3 is 10.2 Å². The zero-order valence-corrected chi connectivity index (χ0v) is 14.8. The average molecular weight is 341 g/mol. The van der Waals surface area contributed by atoms with Gasteiger partial charge in [0.15, 0.2) is 0 Å². The second-order valence-electron chi connectivity index (χ2n) is 7.58. The predicted molar refractivity (Wildman–Crippen MR) is 97.5 cm³/mol. The Morgan fingerprint density at radius 3 is 2.60 bits per heavy atom. The summed E-state index contributed by atoms with van der Waals surface area (Å²) in [5.74, 6) is -0.885. The number of hydrogen-bond acceptors (Lipinski definition) is 3. The fraction of sp³-hybridized carbons (Fsp3) is 0.600. The Morgan fingerprint density at radius 2 is 1.76 bits per heavy atom. The zero-order chi connectivity index (χ0) is 17.2. The monoisotopic (exact) mass is 341 g/mol. The highest BCUT2D eigenvalue weighted by Crippen LogP contribution is 2.25. The lowest BCUT2D eigenvalue weighted by atomic mass is 10.0. The first-order valence-corrected chi connectivity index (χ1v) is 9.67. The van der Waals surface area contributed by atoms with Crippen LogP contribution in [0.1, 0.15) is 43.2 Å². The smallest absolute Gasteiger partial charge is 0.313 e. The molecule has 0 unspecified atom stereocenters. The van der Waals surface area contributed by atoms with Crippen LogP contribution < -0.4 is 5.32 Å². The minimum Gasteiger partial charge on any atom is -0.333 e. The van der Waals surface area contributed by atoms with Crippen molar-refractivity contribution < 1.29 is 9.59 Å². The van der Waals surface area contributed by atoms with Crippen LogP contribution in [0.2, 0.25) is 0 Å². The first kappa shape index (κ1) is 16.6. The van der Waals surface area contributed by atoms with Gasteiger partial charge in [0.05, 0.1) is 0 Å². The number of hydrogen-bond donors (Lipinski definition) is 1. The normalized spacial score (nSPS) is 23.5. The van der Waals surface area contributed by atoms with E-state index in [9.17, 15) is 9.59 Å². The molecule has 2 saturated heterocycles. The third kappa shape index (κ3) is 3.56. The predicted octanol–water partition coefficient (Wildman–Crippen LogP) is 2.20. The maximum absolute atomic E-state index is 12.6. The Bertz CT molecular complexity index is 667. The number of likely N-dealkylation sites (tertiary alicyclic amines) is 2. The van der Waals surface area contributed by atoms with Gasteiger partial charge in [0.2, 0.25) is 0 Å². The van der Waals surface area contributed by atoms with E-state index in [1.54, 1.807) is 4.90 Å². The van der Waals surface area contributed by atoms with Crippen LogP contribution >= 0.6 is 0 Å². The molecule has 1 N–H and O–H groups in total. The van der Waals surface area contributed by atoms with Gasteiger partial charge in [-0.1, -0.05) is 6.07 Å². The highest BCUT2D eigenvalue weighted by molar-refractivity contribution is 6.39. The average Bonchev–Trinajstić information content (AvgIpc) is 3.32. The third-order valence-corrected chi connectivity index (χ3v) is 5.89. The van der Waals surface area contributed by atoms with E-state index >= 15 is 0 Å². The van der Waals surface area contributed by atoms with Crippen molar-refractivity contribution in [2.45, 2.75) is 51.0 Å². The summed E-state index contributed by atoms with van der Waals surface area (Å²) in [7, 11) is 0. The molecule has 1 aliphatic carbocycles. The first-order chi connectivity index (χ1) is 12.2. The second-order valence-corrected chi connectivity index (χ2v) is 7.58. The number of anilines is 1. The van der Waals surface area contributed by atoms with E-state index < -0.39 is 5.91 Å². The molecule has 1 aromatic rings. The number of rotatable bonds is 2. The van der Waals surface area contributed by atoms with Gasteiger partial charge in [-0.3, -0.25) is 14.5 Å². The molecule has 1 atom stereocenters. The quantitative estimate of drug-likeness (QED) is 0.839. The van der Waals surface area contributed by atoms with Crippen molar-refractivity contribution >= 4 is 17.5 Å². The summed E-state index contributed by atoms with van der Waals surface area (Å²) >= 11 is 0. The highest BCUT2D eigenvalue weighted by atomic mass is 16.2. The molecule has 2 amide bonds. The highest BCUT2D eigenvalue weighted by Gasteiger charge is 2.31. The number of nitrogens with one attached hydrogen (secondary N) is 1. The Kier molecular flexibility index (Phi) is 4.75. The molecule has 0 aromatic heterocycles. The number of nitrogens with zero attached hydrogens (tertiary/aromatic N) is 2. The molecule has 0 saturated carbocycles. The van der Waals surface area contributed by atoms with Crippen LogP contribution in [0, 0.1) is 0 Å². The van der Waals surface area contributed by atoms with E-state index in [-0.39, 0.29) is 5.91 Å². The summed E-state index contributed by atoms with van der Waals surface area (Å²) in [4.78, 5) is 29.2. The molecule has 0 bridgehead atoms. The lowest BCUT2D eigenvalue weighted by molar-refractivity contribution is -0.144. The van der Waals surface area contributed by atoms with Crippen molar-refractivity contribution in [3.63, 3.8) is 0 Å².